The fourth-order valence-electron chi connectivity index (χ4n) is 2.74. The SMILES string of the molecule is Cn1nnc(-c2cccc(NC(=O)c3ccc4ccn(C)c4c3)c2)n1. The molecule has 25 heavy (non-hydrogen) atoms. The summed E-state index contributed by atoms with van der Waals surface area (Å²) in [5.74, 6) is 0.358. The Labute approximate surface area is 143 Å². The monoisotopic (exact) mass is 332 g/mol. The number of nitrogens with one attached hydrogen (secondary N) is 1. The van der Waals surface area contributed by atoms with Crippen LogP contribution in [0.2, 0.25) is 0 Å². The number of aromatic nitrogens is 5. The van der Waals surface area contributed by atoms with Crippen LogP contribution in [0.1, 0.15) is 10.4 Å². The number of carbonyl (C=O) groups excluding carboxylic acids is 1. The van der Waals surface area contributed by atoms with E-state index in [0.29, 0.717) is 17.1 Å². The molecule has 0 radical (unpaired) electrons. The van der Waals surface area contributed by atoms with Gasteiger partial charge in [-0.3, -0.25) is 4.79 Å². The molecule has 0 spiro atoms. The smallest absolute Gasteiger partial charge is 0.255 e. The van der Waals surface area contributed by atoms with E-state index in [1.54, 1.807) is 7.05 Å². The summed E-state index contributed by atoms with van der Waals surface area (Å²) in [7, 11) is 3.67. The largest absolute Gasteiger partial charge is 0.351 e. The third kappa shape index (κ3) is 2.87. The molecule has 2 heterocycles. The van der Waals surface area contributed by atoms with E-state index in [1.807, 2.05) is 66.3 Å². The van der Waals surface area contributed by atoms with Gasteiger partial charge in [-0.1, -0.05) is 18.2 Å². The van der Waals surface area contributed by atoms with Crippen molar-refractivity contribution in [3.63, 3.8) is 0 Å². The molecule has 4 aromatic rings. The first-order valence-corrected chi connectivity index (χ1v) is 7.81. The average molecular weight is 332 g/mol. The summed E-state index contributed by atoms with van der Waals surface area (Å²) in [6.45, 7) is 0. The van der Waals surface area contributed by atoms with Gasteiger partial charge in [-0.25, -0.2) is 0 Å². The highest BCUT2D eigenvalue weighted by Crippen LogP contribution is 2.21. The molecule has 7 heteroatoms. The standard InChI is InChI=1S/C18H16N6O/c1-23-9-8-12-6-7-14(11-16(12)23)18(25)19-15-5-3-4-13(10-15)17-20-22-24(2)21-17/h3-11H,1-2H3,(H,19,25). The molecule has 1 N–H and O–H groups in total. The Hall–Kier alpha value is -3.48. The lowest BCUT2D eigenvalue weighted by atomic mass is 10.1. The predicted octanol–water partition coefficient (Wildman–Crippen LogP) is 2.62. The van der Waals surface area contributed by atoms with Crippen LogP contribution in [0.25, 0.3) is 22.3 Å². The zero-order valence-corrected chi connectivity index (χ0v) is 13.8. The molecule has 0 unspecified atom stereocenters. The van der Waals surface area contributed by atoms with Crippen LogP contribution in [0.15, 0.2) is 54.7 Å². The Balaban J connectivity index is 1.60. The van der Waals surface area contributed by atoms with Crippen molar-refractivity contribution in [2.45, 2.75) is 0 Å². The molecule has 0 aliphatic carbocycles. The van der Waals surface area contributed by atoms with Gasteiger partial charge in [-0.15, -0.1) is 10.2 Å². The second-order valence-electron chi connectivity index (χ2n) is 5.84. The van der Waals surface area contributed by atoms with Crippen LogP contribution in [-0.4, -0.2) is 30.7 Å². The number of rotatable bonds is 3. The van der Waals surface area contributed by atoms with Gasteiger partial charge in [0, 0.05) is 35.6 Å². The van der Waals surface area contributed by atoms with Crippen molar-refractivity contribution in [1.82, 2.24) is 24.8 Å². The number of hydrogen-bond acceptors (Lipinski definition) is 4. The lowest BCUT2D eigenvalue weighted by Gasteiger charge is -2.07. The van der Waals surface area contributed by atoms with E-state index in [4.69, 9.17) is 0 Å². The van der Waals surface area contributed by atoms with Crippen LogP contribution in [0, 0.1) is 0 Å². The molecule has 0 aliphatic heterocycles. The van der Waals surface area contributed by atoms with Gasteiger partial charge in [-0.2, -0.15) is 4.80 Å². The van der Waals surface area contributed by atoms with E-state index >= 15 is 0 Å². The Kier molecular flexibility index (Phi) is 3.53. The van der Waals surface area contributed by atoms with Crippen molar-refractivity contribution in [2.75, 3.05) is 5.32 Å². The van der Waals surface area contributed by atoms with Crippen LogP contribution in [0.5, 0.6) is 0 Å². The van der Waals surface area contributed by atoms with Gasteiger partial charge in [0.2, 0.25) is 5.82 Å². The van der Waals surface area contributed by atoms with Gasteiger partial charge in [-0.05, 0) is 40.9 Å². The summed E-state index contributed by atoms with van der Waals surface area (Å²) in [5.41, 5.74) is 3.10. The predicted molar refractivity (Wildman–Crippen MR) is 95.1 cm³/mol. The maximum absolute atomic E-state index is 12.6. The van der Waals surface area contributed by atoms with E-state index in [2.05, 4.69) is 20.7 Å². The Morgan fingerprint density at radius 3 is 2.76 bits per heavy atom. The van der Waals surface area contributed by atoms with Crippen LogP contribution < -0.4 is 5.32 Å². The highest BCUT2D eigenvalue weighted by molar-refractivity contribution is 6.06. The van der Waals surface area contributed by atoms with Crippen LogP contribution in [0.4, 0.5) is 5.69 Å². The molecule has 0 bridgehead atoms. The van der Waals surface area contributed by atoms with Crippen molar-refractivity contribution >= 4 is 22.5 Å². The number of aryl methyl sites for hydroxylation is 2. The molecule has 0 saturated carbocycles. The number of amides is 1. The molecule has 0 aliphatic rings. The second-order valence-corrected chi connectivity index (χ2v) is 5.84. The third-order valence-electron chi connectivity index (χ3n) is 4.04. The molecule has 2 aromatic heterocycles. The van der Waals surface area contributed by atoms with Crippen molar-refractivity contribution < 1.29 is 4.79 Å². The summed E-state index contributed by atoms with van der Waals surface area (Å²) in [6.07, 6.45) is 1.98. The molecular formula is C18H16N6O. The van der Waals surface area contributed by atoms with Crippen molar-refractivity contribution in [3.8, 4) is 11.4 Å². The third-order valence-corrected chi connectivity index (χ3v) is 4.04. The van der Waals surface area contributed by atoms with Gasteiger partial charge in [0.05, 0.1) is 7.05 Å². The van der Waals surface area contributed by atoms with Crippen LogP contribution >= 0.6 is 0 Å². The van der Waals surface area contributed by atoms with Crippen molar-refractivity contribution in [2.24, 2.45) is 14.1 Å². The molecule has 7 nitrogen and oxygen atoms in total. The first kappa shape index (κ1) is 15.1. The second kappa shape index (κ2) is 5.86. The molecule has 124 valence electrons. The zero-order valence-electron chi connectivity index (χ0n) is 13.8. The van der Waals surface area contributed by atoms with Crippen LogP contribution in [0.3, 0.4) is 0 Å². The highest BCUT2D eigenvalue weighted by Gasteiger charge is 2.10. The first-order chi connectivity index (χ1) is 12.1. The van der Waals surface area contributed by atoms with E-state index in [-0.39, 0.29) is 5.91 Å². The number of fused-ring (bicyclic) bond motifs is 1. The molecule has 0 atom stereocenters. The molecular weight excluding hydrogens is 316 g/mol. The molecule has 0 fully saturated rings. The van der Waals surface area contributed by atoms with E-state index < -0.39 is 0 Å². The summed E-state index contributed by atoms with van der Waals surface area (Å²) in [6, 6.07) is 15.1. The number of anilines is 1. The fourth-order valence-corrected chi connectivity index (χ4v) is 2.74. The maximum atomic E-state index is 12.6. The fraction of sp³-hybridized carbons (Fsp3) is 0.111. The topological polar surface area (TPSA) is 77.6 Å². The quantitative estimate of drug-likeness (QED) is 0.625. The van der Waals surface area contributed by atoms with Gasteiger partial charge in [0.1, 0.15) is 0 Å². The first-order valence-electron chi connectivity index (χ1n) is 7.81. The molecule has 0 saturated heterocycles. The zero-order chi connectivity index (χ0) is 17.4. The van der Waals surface area contributed by atoms with Gasteiger partial charge in [0.15, 0.2) is 0 Å². The number of hydrogen-bond donors (Lipinski definition) is 1. The van der Waals surface area contributed by atoms with E-state index in [0.717, 1.165) is 16.5 Å². The Morgan fingerprint density at radius 1 is 1.08 bits per heavy atom. The number of carbonyl (C=O) groups is 1. The molecule has 1 amide bonds. The highest BCUT2D eigenvalue weighted by atomic mass is 16.1. The van der Waals surface area contributed by atoms with Gasteiger partial charge < -0.3 is 9.88 Å². The summed E-state index contributed by atoms with van der Waals surface area (Å²) < 4.78 is 1.99. The maximum Gasteiger partial charge on any atom is 0.255 e. The Bertz CT molecular complexity index is 1080. The average Bonchev–Trinajstić information content (AvgIpc) is 3.21. The minimum absolute atomic E-state index is 0.160. The van der Waals surface area contributed by atoms with E-state index in [1.165, 1.54) is 4.80 Å². The number of tetrazole rings is 1. The molecule has 4 rings (SSSR count). The minimum Gasteiger partial charge on any atom is -0.351 e. The number of benzene rings is 2. The van der Waals surface area contributed by atoms with Gasteiger partial charge in [0.25, 0.3) is 5.91 Å². The normalized spacial score (nSPS) is 11.0. The minimum atomic E-state index is -0.160. The van der Waals surface area contributed by atoms with Gasteiger partial charge >= 0.3 is 0 Å². The van der Waals surface area contributed by atoms with Crippen molar-refractivity contribution in [3.05, 3.63) is 60.3 Å². The summed E-state index contributed by atoms with van der Waals surface area (Å²) in [4.78, 5) is 14.0. The molecule has 2 aromatic carbocycles. The Morgan fingerprint density at radius 2 is 1.96 bits per heavy atom. The summed E-state index contributed by atoms with van der Waals surface area (Å²) >= 11 is 0. The lowest BCUT2D eigenvalue weighted by molar-refractivity contribution is 0.102. The van der Waals surface area contributed by atoms with Crippen molar-refractivity contribution in [1.29, 1.82) is 0 Å². The summed E-state index contributed by atoms with van der Waals surface area (Å²) in [5, 5.41) is 16.0. The van der Waals surface area contributed by atoms with E-state index in [9.17, 15) is 4.79 Å². The van der Waals surface area contributed by atoms with Crippen LogP contribution in [-0.2, 0) is 14.1 Å². The number of nitrogens with zero attached hydrogens (tertiary/aromatic N) is 5. The lowest BCUT2D eigenvalue weighted by Crippen LogP contribution is -2.12.